The molecular formula is C12H10BrClFN3. The lowest BCUT2D eigenvalue weighted by Crippen LogP contribution is -2.00. The minimum atomic E-state index is -0.467. The van der Waals surface area contributed by atoms with E-state index in [1.165, 1.54) is 12.1 Å². The summed E-state index contributed by atoms with van der Waals surface area (Å²) < 4.78 is 14.0. The molecular weight excluding hydrogens is 321 g/mol. The number of rotatable bonds is 3. The molecule has 2 aromatic rings. The van der Waals surface area contributed by atoms with Gasteiger partial charge in [0.25, 0.3) is 0 Å². The Kier molecular flexibility index (Phi) is 4.14. The number of halogens is 3. The van der Waals surface area contributed by atoms with Crippen LogP contribution in [0.5, 0.6) is 0 Å². The molecule has 0 amide bonds. The third-order valence-corrected chi connectivity index (χ3v) is 2.96. The van der Waals surface area contributed by atoms with Crippen molar-refractivity contribution >= 4 is 39.0 Å². The molecule has 2 rings (SSSR count). The van der Waals surface area contributed by atoms with Crippen molar-refractivity contribution in [3.05, 3.63) is 45.5 Å². The second-order valence-electron chi connectivity index (χ2n) is 3.60. The molecule has 0 fully saturated rings. The summed E-state index contributed by atoms with van der Waals surface area (Å²) >= 11 is 8.93. The van der Waals surface area contributed by atoms with E-state index >= 15 is 0 Å². The van der Waals surface area contributed by atoms with Crippen molar-refractivity contribution in [1.29, 1.82) is 0 Å². The van der Waals surface area contributed by atoms with E-state index in [1.54, 1.807) is 12.1 Å². The van der Waals surface area contributed by atoms with E-state index in [0.29, 0.717) is 21.9 Å². The Balaban J connectivity index is 2.27. The van der Waals surface area contributed by atoms with Gasteiger partial charge in [-0.15, -0.1) is 0 Å². The Morgan fingerprint density at radius 1 is 1.33 bits per heavy atom. The van der Waals surface area contributed by atoms with E-state index in [-0.39, 0.29) is 5.02 Å². The lowest BCUT2D eigenvalue weighted by atomic mass is 10.3. The van der Waals surface area contributed by atoms with E-state index in [2.05, 4.69) is 31.2 Å². The SMILES string of the molecule is CCc1nc(Br)cc(Nc2ccc(Cl)c(F)c2)n1. The molecule has 0 aliphatic rings. The van der Waals surface area contributed by atoms with Gasteiger partial charge in [0, 0.05) is 18.2 Å². The van der Waals surface area contributed by atoms with E-state index < -0.39 is 5.82 Å². The van der Waals surface area contributed by atoms with Gasteiger partial charge in [-0.3, -0.25) is 0 Å². The van der Waals surface area contributed by atoms with Gasteiger partial charge >= 0.3 is 0 Å². The highest BCUT2D eigenvalue weighted by Gasteiger charge is 2.04. The molecule has 0 aliphatic carbocycles. The monoisotopic (exact) mass is 329 g/mol. The van der Waals surface area contributed by atoms with Crippen molar-refractivity contribution in [2.75, 3.05) is 5.32 Å². The first-order valence-corrected chi connectivity index (χ1v) is 6.51. The average Bonchev–Trinajstić information content (AvgIpc) is 2.33. The molecule has 1 heterocycles. The van der Waals surface area contributed by atoms with Crippen molar-refractivity contribution in [2.45, 2.75) is 13.3 Å². The fraction of sp³-hybridized carbons (Fsp3) is 0.167. The highest BCUT2D eigenvalue weighted by molar-refractivity contribution is 9.10. The molecule has 0 unspecified atom stereocenters. The Bertz CT molecular complexity index is 577. The maximum Gasteiger partial charge on any atom is 0.143 e. The van der Waals surface area contributed by atoms with Gasteiger partial charge in [-0.2, -0.15) is 0 Å². The summed E-state index contributed by atoms with van der Waals surface area (Å²) in [6.45, 7) is 1.97. The third kappa shape index (κ3) is 3.17. The quantitative estimate of drug-likeness (QED) is 0.851. The van der Waals surface area contributed by atoms with Crippen molar-refractivity contribution in [3.8, 4) is 0 Å². The number of hydrogen-bond donors (Lipinski definition) is 1. The number of hydrogen-bond acceptors (Lipinski definition) is 3. The summed E-state index contributed by atoms with van der Waals surface area (Å²) in [5.41, 5.74) is 0.588. The van der Waals surface area contributed by atoms with Crippen LogP contribution in [0, 0.1) is 5.82 Å². The van der Waals surface area contributed by atoms with Crippen LogP contribution >= 0.6 is 27.5 Å². The van der Waals surface area contributed by atoms with Gasteiger partial charge < -0.3 is 5.32 Å². The zero-order valence-corrected chi connectivity index (χ0v) is 11.9. The number of nitrogens with one attached hydrogen (secondary N) is 1. The Hall–Kier alpha value is -1.20. The molecule has 6 heteroatoms. The van der Waals surface area contributed by atoms with Crippen molar-refractivity contribution in [2.24, 2.45) is 0 Å². The van der Waals surface area contributed by atoms with Crippen LogP contribution in [-0.2, 0) is 6.42 Å². The topological polar surface area (TPSA) is 37.8 Å². The van der Waals surface area contributed by atoms with Crippen molar-refractivity contribution in [1.82, 2.24) is 9.97 Å². The van der Waals surface area contributed by atoms with Gasteiger partial charge in [-0.05, 0) is 34.1 Å². The fourth-order valence-electron chi connectivity index (χ4n) is 1.41. The van der Waals surface area contributed by atoms with E-state index in [4.69, 9.17) is 11.6 Å². The Morgan fingerprint density at radius 3 is 2.78 bits per heavy atom. The largest absolute Gasteiger partial charge is 0.340 e. The Morgan fingerprint density at radius 2 is 2.11 bits per heavy atom. The fourth-order valence-corrected chi connectivity index (χ4v) is 1.95. The molecule has 0 radical (unpaired) electrons. The predicted molar refractivity (Wildman–Crippen MR) is 73.8 cm³/mol. The summed E-state index contributed by atoms with van der Waals surface area (Å²) in [7, 11) is 0. The second-order valence-corrected chi connectivity index (χ2v) is 4.82. The highest BCUT2D eigenvalue weighted by atomic mass is 79.9. The van der Waals surface area contributed by atoms with Crippen LogP contribution in [0.2, 0.25) is 5.02 Å². The number of aromatic nitrogens is 2. The third-order valence-electron chi connectivity index (χ3n) is 2.25. The van der Waals surface area contributed by atoms with Gasteiger partial charge in [0.05, 0.1) is 5.02 Å². The molecule has 0 saturated carbocycles. The highest BCUT2D eigenvalue weighted by Crippen LogP contribution is 2.22. The predicted octanol–water partition coefficient (Wildman–Crippen LogP) is 4.34. The molecule has 0 atom stereocenters. The maximum atomic E-state index is 13.3. The zero-order chi connectivity index (χ0) is 13.1. The van der Waals surface area contributed by atoms with Gasteiger partial charge in [0.2, 0.25) is 0 Å². The van der Waals surface area contributed by atoms with Crippen LogP contribution in [0.25, 0.3) is 0 Å². The molecule has 1 aromatic carbocycles. The molecule has 3 nitrogen and oxygen atoms in total. The molecule has 0 aliphatic heterocycles. The number of aryl methyl sites for hydroxylation is 1. The molecule has 0 bridgehead atoms. The van der Waals surface area contributed by atoms with Gasteiger partial charge in [-0.25, -0.2) is 14.4 Å². The van der Waals surface area contributed by atoms with Gasteiger partial charge in [0.1, 0.15) is 22.1 Å². The smallest absolute Gasteiger partial charge is 0.143 e. The first-order chi connectivity index (χ1) is 8.58. The van der Waals surface area contributed by atoms with Crippen LogP contribution in [0.3, 0.4) is 0 Å². The summed E-state index contributed by atoms with van der Waals surface area (Å²) in [4.78, 5) is 8.49. The number of benzene rings is 1. The van der Waals surface area contributed by atoms with Gasteiger partial charge in [0.15, 0.2) is 0 Å². The second kappa shape index (κ2) is 5.63. The molecule has 1 N–H and O–H groups in total. The standard InChI is InChI=1S/C12H10BrClFN3/c1-2-11-17-10(13)6-12(18-11)16-7-3-4-8(14)9(15)5-7/h3-6H,2H2,1H3,(H,16,17,18). The Labute approximate surface area is 118 Å². The van der Waals surface area contributed by atoms with Gasteiger partial charge in [-0.1, -0.05) is 18.5 Å². The van der Waals surface area contributed by atoms with E-state index in [0.717, 1.165) is 6.42 Å². The summed E-state index contributed by atoms with van der Waals surface area (Å²) in [5.74, 6) is 0.849. The number of anilines is 2. The van der Waals surface area contributed by atoms with E-state index in [1.807, 2.05) is 6.92 Å². The van der Waals surface area contributed by atoms with Crippen LogP contribution in [0.4, 0.5) is 15.9 Å². The minimum Gasteiger partial charge on any atom is -0.340 e. The maximum absolute atomic E-state index is 13.3. The molecule has 1 aromatic heterocycles. The lowest BCUT2D eigenvalue weighted by molar-refractivity contribution is 0.629. The summed E-state index contributed by atoms with van der Waals surface area (Å²) in [6, 6.07) is 6.23. The van der Waals surface area contributed by atoms with Crippen molar-refractivity contribution < 1.29 is 4.39 Å². The van der Waals surface area contributed by atoms with Crippen LogP contribution in [0.15, 0.2) is 28.9 Å². The first-order valence-electron chi connectivity index (χ1n) is 5.34. The molecule has 94 valence electrons. The molecule has 0 spiro atoms. The van der Waals surface area contributed by atoms with Crippen molar-refractivity contribution in [3.63, 3.8) is 0 Å². The minimum absolute atomic E-state index is 0.0960. The summed E-state index contributed by atoms with van der Waals surface area (Å²) in [5, 5.41) is 3.10. The average molecular weight is 331 g/mol. The van der Waals surface area contributed by atoms with Crippen LogP contribution in [-0.4, -0.2) is 9.97 Å². The normalized spacial score (nSPS) is 10.4. The van der Waals surface area contributed by atoms with Crippen LogP contribution in [0.1, 0.15) is 12.7 Å². The number of nitrogens with zero attached hydrogens (tertiary/aromatic N) is 2. The lowest BCUT2D eigenvalue weighted by Gasteiger charge is -2.07. The molecule has 0 saturated heterocycles. The van der Waals surface area contributed by atoms with E-state index in [9.17, 15) is 4.39 Å². The molecule has 18 heavy (non-hydrogen) atoms. The zero-order valence-electron chi connectivity index (χ0n) is 9.54. The van der Waals surface area contributed by atoms with Crippen LogP contribution < -0.4 is 5.32 Å². The summed E-state index contributed by atoms with van der Waals surface area (Å²) in [6.07, 6.45) is 0.725. The first kappa shape index (κ1) is 13.2.